The zero-order valence-electron chi connectivity index (χ0n) is 11.0. The van der Waals surface area contributed by atoms with E-state index < -0.39 is 15.6 Å². The predicted molar refractivity (Wildman–Crippen MR) is 74.4 cm³/mol. The van der Waals surface area contributed by atoms with Gasteiger partial charge in [0.2, 0.25) is 10.0 Å². The minimum absolute atomic E-state index is 0.0854. The molecule has 0 spiro atoms. The van der Waals surface area contributed by atoms with Crippen LogP contribution in [-0.2, 0) is 10.0 Å². The average molecular weight is 318 g/mol. The first kappa shape index (κ1) is 14.1. The van der Waals surface area contributed by atoms with Gasteiger partial charge in [-0.3, -0.25) is 0 Å². The summed E-state index contributed by atoms with van der Waals surface area (Å²) in [6.07, 6.45) is 1.96. The van der Waals surface area contributed by atoms with Gasteiger partial charge in [-0.1, -0.05) is 11.6 Å². The number of halogens is 1. The highest BCUT2D eigenvalue weighted by Crippen LogP contribution is 2.46. The van der Waals surface area contributed by atoms with E-state index in [1.54, 1.807) is 0 Å². The van der Waals surface area contributed by atoms with Crippen LogP contribution in [0.2, 0.25) is 5.02 Å². The van der Waals surface area contributed by atoms with Gasteiger partial charge in [0, 0.05) is 24.2 Å². The summed E-state index contributed by atoms with van der Waals surface area (Å²) in [4.78, 5) is 0.0854. The Labute approximate surface area is 123 Å². The molecule has 1 aromatic rings. The molecular weight excluding hydrogens is 302 g/mol. The molecule has 1 aliphatic carbocycles. The Morgan fingerprint density at radius 1 is 1.40 bits per heavy atom. The summed E-state index contributed by atoms with van der Waals surface area (Å²) < 4.78 is 31.4. The molecule has 1 heterocycles. The summed E-state index contributed by atoms with van der Waals surface area (Å²) in [5, 5.41) is 10.7. The number of rotatable bonds is 4. The van der Waals surface area contributed by atoms with Crippen molar-refractivity contribution in [1.82, 2.24) is 4.31 Å². The monoisotopic (exact) mass is 317 g/mol. The van der Waals surface area contributed by atoms with Crippen molar-refractivity contribution < 1.29 is 18.3 Å². The quantitative estimate of drug-likeness (QED) is 0.913. The van der Waals surface area contributed by atoms with E-state index >= 15 is 0 Å². The number of sulfonamides is 1. The molecule has 2 fully saturated rings. The van der Waals surface area contributed by atoms with Crippen LogP contribution in [0.4, 0.5) is 0 Å². The summed E-state index contributed by atoms with van der Waals surface area (Å²) in [6.45, 7) is 0.317. The van der Waals surface area contributed by atoms with E-state index in [0.717, 1.165) is 12.8 Å². The maximum atomic E-state index is 12.5. The van der Waals surface area contributed by atoms with Crippen molar-refractivity contribution >= 4 is 21.6 Å². The summed E-state index contributed by atoms with van der Waals surface area (Å²) in [5.74, 6) is 0.473. The van der Waals surface area contributed by atoms with Crippen LogP contribution >= 0.6 is 11.6 Å². The Hall–Kier alpha value is -0.820. The first-order valence-electron chi connectivity index (χ1n) is 6.43. The molecule has 3 rings (SSSR count). The van der Waals surface area contributed by atoms with E-state index in [1.165, 1.54) is 29.6 Å². The molecule has 5 nitrogen and oxygen atoms in total. The lowest BCUT2D eigenvalue weighted by Gasteiger charge is -2.45. The molecule has 7 heteroatoms. The third-order valence-corrected chi connectivity index (χ3v) is 6.05. The summed E-state index contributed by atoms with van der Waals surface area (Å²) in [5.41, 5.74) is -0.841. The van der Waals surface area contributed by atoms with Gasteiger partial charge in [-0.25, -0.2) is 8.42 Å². The second-order valence-corrected chi connectivity index (χ2v) is 7.79. The number of aliphatic hydroxyl groups is 1. The molecule has 1 saturated heterocycles. The molecule has 20 heavy (non-hydrogen) atoms. The first-order valence-corrected chi connectivity index (χ1v) is 8.25. The van der Waals surface area contributed by atoms with Crippen LogP contribution in [0.15, 0.2) is 23.1 Å². The second-order valence-electron chi connectivity index (χ2n) is 5.45. The lowest BCUT2D eigenvalue weighted by molar-refractivity contribution is -0.0765. The highest BCUT2D eigenvalue weighted by Gasteiger charge is 2.55. The van der Waals surface area contributed by atoms with Crippen molar-refractivity contribution in [2.75, 3.05) is 20.2 Å². The zero-order valence-corrected chi connectivity index (χ0v) is 12.6. The van der Waals surface area contributed by atoms with Crippen molar-refractivity contribution in [2.24, 2.45) is 5.92 Å². The normalized spacial score (nSPS) is 22.4. The van der Waals surface area contributed by atoms with Crippen molar-refractivity contribution in [1.29, 1.82) is 0 Å². The van der Waals surface area contributed by atoms with Gasteiger partial charge >= 0.3 is 0 Å². The number of hydrogen-bond acceptors (Lipinski definition) is 4. The Morgan fingerprint density at radius 2 is 2.05 bits per heavy atom. The van der Waals surface area contributed by atoms with Crippen molar-refractivity contribution in [3.8, 4) is 5.75 Å². The summed E-state index contributed by atoms with van der Waals surface area (Å²) in [6, 6.07) is 4.43. The molecule has 0 radical (unpaired) electrons. The van der Waals surface area contributed by atoms with Gasteiger partial charge in [0.15, 0.2) is 0 Å². The fourth-order valence-electron chi connectivity index (χ4n) is 2.61. The molecule has 1 saturated carbocycles. The number of methoxy groups -OCH3 is 1. The lowest BCUT2D eigenvalue weighted by atomic mass is 9.91. The highest BCUT2D eigenvalue weighted by molar-refractivity contribution is 7.89. The van der Waals surface area contributed by atoms with Gasteiger partial charge in [0.25, 0.3) is 0 Å². The van der Waals surface area contributed by atoms with E-state index in [4.69, 9.17) is 16.3 Å². The fraction of sp³-hybridized carbons (Fsp3) is 0.538. The minimum Gasteiger partial charge on any atom is -0.495 e. The van der Waals surface area contributed by atoms with E-state index in [0.29, 0.717) is 5.02 Å². The number of hydrogen-bond donors (Lipinski definition) is 1. The SMILES string of the molecule is COc1cc(Cl)ccc1S(=O)(=O)N1CC(O)(C2CC2)C1. The topological polar surface area (TPSA) is 66.8 Å². The third kappa shape index (κ3) is 2.20. The Bertz CT molecular complexity index is 636. The van der Waals surface area contributed by atoms with Crippen molar-refractivity contribution in [2.45, 2.75) is 23.3 Å². The van der Waals surface area contributed by atoms with Gasteiger partial charge in [0.05, 0.1) is 12.7 Å². The number of β-amino-alcohol motifs (C(OH)–C–C–N with tert-alkyl or cyclic N) is 1. The Balaban J connectivity index is 1.86. The van der Waals surface area contributed by atoms with E-state index in [9.17, 15) is 13.5 Å². The molecule has 0 unspecified atom stereocenters. The van der Waals surface area contributed by atoms with Crippen LogP contribution in [0.25, 0.3) is 0 Å². The van der Waals surface area contributed by atoms with E-state index in [1.807, 2.05) is 0 Å². The van der Waals surface area contributed by atoms with Crippen LogP contribution < -0.4 is 4.74 Å². The number of ether oxygens (including phenoxy) is 1. The molecule has 0 amide bonds. The molecule has 1 aliphatic heterocycles. The van der Waals surface area contributed by atoms with Crippen LogP contribution in [0.5, 0.6) is 5.75 Å². The summed E-state index contributed by atoms with van der Waals surface area (Å²) in [7, 11) is -2.24. The van der Waals surface area contributed by atoms with Crippen LogP contribution in [0.1, 0.15) is 12.8 Å². The molecular formula is C13H16ClNO4S. The standard InChI is InChI=1S/C13H16ClNO4S/c1-19-11-6-10(14)4-5-12(11)20(17,18)15-7-13(16,8-15)9-2-3-9/h4-6,9,16H,2-3,7-8H2,1H3. The van der Waals surface area contributed by atoms with Crippen molar-refractivity contribution in [3.05, 3.63) is 23.2 Å². The van der Waals surface area contributed by atoms with E-state index in [2.05, 4.69) is 0 Å². The third-order valence-electron chi connectivity index (χ3n) is 3.98. The molecule has 110 valence electrons. The number of benzene rings is 1. The molecule has 2 aliphatic rings. The lowest BCUT2D eigenvalue weighted by Crippen LogP contribution is -2.64. The van der Waals surface area contributed by atoms with Gasteiger partial charge in [0.1, 0.15) is 10.6 Å². The maximum absolute atomic E-state index is 12.5. The van der Waals surface area contributed by atoms with Crippen LogP contribution in [0.3, 0.4) is 0 Å². The van der Waals surface area contributed by atoms with Crippen molar-refractivity contribution in [3.63, 3.8) is 0 Å². The van der Waals surface area contributed by atoms with Gasteiger partial charge in [-0.15, -0.1) is 0 Å². The van der Waals surface area contributed by atoms with Gasteiger partial charge in [-0.2, -0.15) is 4.31 Å². The largest absolute Gasteiger partial charge is 0.495 e. The van der Waals surface area contributed by atoms with Gasteiger partial charge in [-0.05, 0) is 30.9 Å². The fourth-order valence-corrected chi connectivity index (χ4v) is 4.47. The minimum atomic E-state index is -3.65. The van der Waals surface area contributed by atoms with Crippen LogP contribution in [0, 0.1) is 5.92 Å². The number of nitrogens with zero attached hydrogens (tertiary/aromatic N) is 1. The van der Waals surface area contributed by atoms with E-state index in [-0.39, 0.29) is 29.7 Å². The molecule has 1 aromatic carbocycles. The van der Waals surface area contributed by atoms with Crippen LogP contribution in [-0.4, -0.2) is 43.6 Å². The molecule has 0 bridgehead atoms. The second kappa shape index (κ2) is 4.59. The molecule has 1 N–H and O–H groups in total. The summed E-state index contributed by atoms with van der Waals surface area (Å²) >= 11 is 5.84. The molecule has 0 aromatic heterocycles. The van der Waals surface area contributed by atoms with Gasteiger partial charge < -0.3 is 9.84 Å². The Morgan fingerprint density at radius 3 is 2.60 bits per heavy atom. The predicted octanol–water partition coefficient (Wildman–Crippen LogP) is 1.49. The smallest absolute Gasteiger partial charge is 0.246 e. The Kier molecular flexibility index (Phi) is 3.25. The maximum Gasteiger partial charge on any atom is 0.246 e. The zero-order chi connectivity index (χ0) is 14.5. The molecule has 0 atom stereocenters. The highest BCUT2D eigenvalue weighted by atomic mass is 35.5. The first-order chi connectivity index (χ1) is 9.37. The average Bonchev–Trinajstić information content (AvgIpc) is 3.18.